The molecule has 6 nitrogen and oxygen atoms in total. The van der Waals surface area contributed by atoms with Gasteiger partial charge in [-0.05, 0) is 53.1 Å². The summed E-state index contributed by atoms with van der Waals surface area (Å²) in [7, 11) is 1.33. The van der Waals surface area contributed by atoms with E-state index in [4.69, 9.17) is 9.47 Å². The van der Waals surface area contributed by atoms with Crippen molar-refractivity contribution in [3.05, 3.63) is 38.4 Å². The van der Waals surface area contributed by atoms with Crippen molar-refractivity contribution in [2.45, 2.75) is 32.6 Å². The van der Waals surface area contributed by atoms with Crippen LogP contribution in [0.15, 0.2) is 16.8 Å². The predicted octanol–water partition coefficient (Wildman–Crippen LogP) is 3.45. The first kappa shape index (κ1) is 19.6. The van der Waals surface area contributed by atoms with E-state index in [-0.39, 0.29) is 13.0 Å². The van der Waals surface area contributed by atoms with Crippen molar-refractivity contribution in [3.8, 4) is 0 Å². The second kappa shape index (κ2) is 8.67. The molecule has 0 unspecified atom stereocenters. The van der Waals surface area contributed by atoms with E-state index in [0.29, 0.717) is 16.5 Å². The lowest BCUT2D eigenvalue weighted by atomic mass is 9.88. The van der Waals surface area contributed by atoms with Crippen LogP contribution in [-0.2, 0) is 38.3 Å². The molecule has 0 fully saturated rings. The number of carbonyl (C=O) groups is 3. The zero-order valence-corrected chi connectivity index (χ0v) is 16.8. The van der Waals surface area contributed by atoms with Gasteiger partial charge in [-0.15, -0.1) is 11.3 Å². The number of methoxy groups -OCH3 is 1. The summed E-state index contributed by atoms with van der Waals surface area (Å²) in [6.07, 6.45) is 2.81. The molecule has 27 heavy (non-hydrogen) atoms. The third-order valence-corrected chi connectivity index (χ3v) is 6.35. The fourth-order valence-corrected chi connectivity index (χ4v) is 5.16. The number of esters is 2. The largest absolute Gasteiger partial charge is 0.465 e. The summed E-state index contributed by atoms with van der Waals surface area (Å²) in [5.41, 5.74) is 2.26. The van der Waals surface area contributed by atoms with Crippen molar-refractivity contribution in [3.63, 3.8) is 0 Å². The number of ether oxygens (including phenoxy) is 2. The zero-order valence-electron chi connectivity index (χ0n) is 15.2. The van der Waals surface area contributed by atoms with Crippen molar-refractivity contribution in [1.29, 1.82) is 0 Å². The van der Waals surface area contributed by atoms with Crippen LogP contribution in [0.2, 0.25) is 0 Å². The highest BCUT2D eigenvalue weighted by Gasteiger charge is 2.29. The van der Waals surface area contributed by atoms with Crippen LogP contribution in [-0.4, -0.2) is 31.6 Å². The second-order valence-corrected chi connectivity index (χ2v) is 8.45. The summed E-state index contributed by atoms with van der Waals surface area (Å²) < 4.78 is 9.94. The van der Waals surface area contributed by atoms with Crippen LogP contribution in [0.4, 0.5) is 5.00 Å². The summed E-state index contributed by atoms with van der Waals surface area (Å²) in [6, 6.07) is 1.84. The number of anilines is 1. The fourth-order valence-electron chi connectivity index (χ4n) is 3.08. The second-order valence-electron chi connectivity index (χ2n) is 6.56. The average Bonchev–Trinajstić information content (AvgIpc) is 3.26. The van der Waals surface area contributed by atoms with Gasteiger partial charge in [-0.1, -0.05) is 6.92 Å². The van der Waals surface area contributed by atoms with Crippen molar-refractivity contribution in [2.24, 2.45) is 5.92 Å². The normalized spacial score (nSPS) is 15.7. The molecule has 0 spiro atoms. The molecule has 1 aliphatic carbocycles. The number of carbonyl (C=O) groups excluding carboxylic acids is 3. The molecular weight excluding hydrogens is 386 g/mol. The Labute approximate surface area is 165 Å². The van der Waals surface area contributed by atoms with Crippen LogP contribution in [0.3, 0.4) is 0 Å². The molecular formula is C19H21NO5S2. The first-order valence-electron chi connectivity index (χ1n) is 8.67. The molecule has 0 radical (unpaired) electrons. The molecule has 3 rings (SSSR count). The molecule has 1 N–H and O–H groups in total. The molecule has 0 saturated heterocycles. The van der Waals surface area contributed by atoms with Crippen LogP contribution >= 0.6 is 22.7 Å². The molecule has 0 aromatic carbocycles. The van der Waals surface area contributed by atoms with E-state index < -0.39 is 17.8 Å². The predicted molar refractivity (Wildman–Crippen MR) is 104 cm³/mol. The van der Waals surface area contributed by atoms with E-state index in [1.54, 1.807) is 0 Å². The smallest absolute Gasteiger partial charge is 0.341 e. The summed E-state index contributed by atoms with van der Waals surface area (Å²) >= 11 is 2.90. The lowest BCUT2D eigenvalue weighted by Gasteiger charge is -2.18. The lowest BCUT2D eigenvalue weighted by Crippen LogP contribution is -2.22. The van der Waals surface area contributed by atoms with Gasteiger partial charge in [0.2, 0.25) is 0 Å². The number of amides is 1. The maximum Gasteiger partial charge on any atom is 0.341 e. The lowest BCUT2D eigenvalue weighted by molar-refractivity contribution is -0.146. The molecule has 144 valence electrons. The molecule has 1 amide bonds. The average molecular weight is 408 g/mol. The molecule has 0 bridgehead atoms. The summed E-state index contributed by atoms with van der Waals surface area (Å²) in [5.74, 6) is -0.837. The summed E-state index contributed by atoms with van der Waals surface area (Å²) in [5, 5.41) is 6.93. The molecule has 2 heterocycles. The zero-order chi connectivity index (χ0) is 19.4. The van der Waals surface area contributed by atoms with Gasteiger partial charge in [0, 0.05) is 4.88 Å². The van der Waals surface area contributed by atoms with Crippen LogP contribution < -0.4 is 5.32 Å². The van der Waals surface area contributed by atoms with Gasteiger partial charge < -0.3 is 14.8 Å². The first-order chi connectivity index (χ1) is 13.0. The van der Waals surface area contributed by atoms with E-state index in [9.17, 15) is 14.4 Å². The van der Waals surface area contributed by atoms with Gasteiger partial charge >= 0.3 is 11.9 Å². The highest BCUT2D eigenvalue weighted by molar-refractivity contribution is 7.17. The number of hydrogen-bond donors (Lipinski definition) is 1. The fraction of sp³-hybridized carbons (Fsp3) is 0.421. The highest BCUT2D eigenvalue weighted by Crippen LogP contribution is 2.40. The quantitative estimate of drug-likeness (QED) is 0.742. The van der Waals surface area contributed by atoms with Gasteiger partial charge in [-0.25, -0.2) is 4.79 Å². The van der Waals surface area contributed by atoms with Gasteiger partial charge in [-0.2, -0.15) is 11.3 Å². The summed E-state index contributed by atoms with van der Waals surface area (Å²) in [6.45, 7) is 1.79. The van der Waals surface area contributed by atoms with E-state index in [0.717, 1.165) is 35.3 Å². The van der Waals surface area contributed by atoms with Crippen molar-refractivity contribution in [1.82, 2.24) is 0 Å². The Morgan fingerprint density at radius 1 is 1.33 bits per heavy atom. The topological polar surface area (TPSA) is 81.7 Å². The molecule has 1 atom stereocenters. The van der Waals surface area contributed by atoms with Crippen LogP contribution in [0, 0.1) is 5.92 Å². The minimum atomic E-state index is -0.467. The van der Waals surface area contributed by atoms with Gasteiger partial charge in [0.1, 0.15) is 5.00 Å². The Hall–Kier alpha value is -2.19. The number of fused-ring (bicyclic) bond motifs is 1. The molecule has 1 aliphatic rings. The Morgan fingerprint density at radius 3 is 2.85 bits per heavy atom. The van der Waals surface area contributed by atoms with Gasteiger partial charge in [0.15, 0.2) is 6.61 Å². The van der Waals surface area contributed by atoms with Gasteiger partial charge in [-0.3, -0.25) is 9.59 Å². The molecule has 8 heteroatoms. The number of hydrogen-bond acceptors (Lipinski definition) is 7. The highest BCUT2D eigenvalue weighted by atomic mass is 32.1. The van der Waals surface area contributed by atoms with E-state index in [1.165, 1.54) is 29.8 Å². The van der Waals surface area contributed by atoms with E-state index in [2.05, 4.69) is 12.2 Å². The monoisotopic (exact) mass is 407 g/mol. The first-order valence-corrected chi connectivity index (χ1v) is 10.4. The Kier molecular flexibility index (Phi) is 6.28. The number of thiophene rings is 2. The minimum absolute atomic E-state index is 0.134. The standard InChI is InChI=1S/C19H21NO5S2/c1-11-3-4-13-14(7-11)27-18(17(13)19(23)24-2)20-15(21)9-25-16(22)8-12-5-6-26-10-12/h5-6,10-11H,3-4,7-9H2,1-2H3,(H,20,21)/t11-/m0/s1. The van der Waals surface area contributed by atoms with Crippen LogP contribution in [0.25, 0.3) is 0 Å². The van der Waals surface area contributed by atoms with Crippen LogP contribution in [0.1, 0.15) is 39.7 Å². The van der Waals surface area contributed by atoms with Crippen molar-refractivity contribution >= 4 is 45.5 Å². The maximum absolute atomic E-state index is 12.2. The SMILES string of the molecule is COC(=O)c1c(NC(=O)COC(=O)Cc2ccsc2)sc2c1CC[C@H](C)C2. The number of nitrogens with one attached hydrogen (secondary N) is 1. The van der Waals surface area contributed by atoms with Gasteiger partial charge in [0.05, 0.1) is 19.1 Å². The molecule has 2 aromatic rings. The Balaban J connectivity index is 1.64. The molecule has 0 saturated carbocycles. The van der Waals surface area contributed by atoms with Crippen molar-refractivity contribution in [2.75, 3.05) is 19.0 Å². The van der Waals surface area contributed by atoms with E-state index in [1.807, 2.05) is 16.8 Å². The molecule has 2 aromatic heterocycles. The maximum atomic E-state index is 12.2. The van der Waals surface area contributed by atoms with E-state index >= 15 is 0 Å². The molecule has 0 aliphatic heterocycles. The number of rotatable bonds is 6. The third kappa shape index (κ3) is 4.75. The van der Waals surface area contributed by atoms with Crippen molar-refractivity contribution < 1.29 is 23.9 Å². The van der Waals surface area contributed by atoms with Gasteiger partial charge in [0.25, 0.3) is 5.91 Å². The van der Waals surface area contributed by atoms with Crippen LogP contribution in [0.5, 0.6) is 0 Å². The summed E-state index contributed by atoms with van der Waals surface area (Å²) in [4.78, 5) is 37.4. The minimum Gasteiger partial charge on any atom is -0.465 e. The Morgan fingerprint density at radius 2 is 2.15 bits per heavy atom. The Bertz CT molecular complexity index is 841. The third-order valence-electron chi connectivity index (χ3n) is 4.45.